The molecule has 0 bridgehead atoms. The van der Waals surface area contributed by atoms with E-state index in [4.69, 9.17) is 0 Å². The van der Waals surface area contributed by atoms with Crippen LogP contribution in [-0.2, 0) is 0 Å². The molecule has 0 N–H and O–H groups in total. The van der Waals surface area contributed by atoms with Gasteiger partial charge >= 0.3 is 0 Å². The van der Waals surface area contributed by atoms with Gasteiger partial charge in [-0.2, -0.15) is 0 Å². The minimum Gasteiger partial charge on any atom is -0.0616 e. The third-order valence-electron chi connectivity index (χ3n) is 9.47. The molecule has 9 aromatic rings. The standard InChI is InChI=1S/C46H30/c1-4-20-36-31(12-1)15-8-23-39(36)34-18-7-19-35(30-34)40-28-29-45(42-25-10-17-33-14-3-6-22-38(33)42)46-43(40)26-11-27-44(46)41-24-9-16-32-13-2-5-21-37(32)41/h1-30H. The maximum Gasteiger partial charge on any atom is -0.00201 e. The van der Waals surface area contributed by atoms with Crippen molar-refractivity contribution >= 4 is 43.1 Å². The Labute approximate surface area is 268 Å². The van der Waals surface area contributed by atoms with Crippen molar-refractivity contribution in [2.45, 2.75) is 0 Å². The molecule has 9 rings (SSSR count). The minimum absolute atomic E-state index is 1.22. The lowest BCUT2D eigenvalue weighted by Gasteiger charge is -2.18. The second-order valence-corrected chi connectivity index (χ2v) is 12.0. The lowest BCUT2D eigenvalue weighted by Crippen LogP contribution is -1.92. The summed E-state index contributed by atoms with van der Waals surface area (Å²) in [6, 6.07) is 66.6. The molecule has 9 aromatic carbocycles. The van der Waals surface area contributed by atoms with Crippen molar-refractivity contribution in [3.8, 4) is 44.5 Å². The molecular weight excluding hydrogens is 553 g/mol. The van der Waals surface area contributed by atoms with Gasteiger partial charge < -0.3 is 0 Å². The number of hydrogen-bond acceptors (Lipinski definition) is 0. The van der Waals surface area contributed by atoms with E-state index in [-0.39, 0.29) is 0 Å². The summed E-state index contributed by atoms with van der Waals surface area (Å²) in [4.78, 5) is 0. The average Bonchev–Trinajstić information content (AvgIpc) is 3.13. The molecule has 0 nitrogen and oxygen atoms in total. The fourth-order valence-electron chi connectivity index (χ4n) is 7.36. The van der Waals surface area contributed by atoms with Crippen LogP contribution in [0.4, 0.5) is 0 Å². The van der Waals surface area contributed by atoms with E-state index in [9.17, 15) is 0 Å². The summed E-state index contributed by atoms with van der Waals surface area (Å²) in [5.41, 5.74) is 9.96. The van der Waals surface area contributed by atoms with Gasteiger partial charge in [0.05, 0.1) is 0 Å². The van der Waals surface area contributed by atoms with Gasteiger partial charge in [-0.15, -0.1) is 0 Å². The molecule has 46 heavy (non-hydrogen) atoms. The van der Waals surface area contributed by atoms with Gasteiger partial charge in [0.25, 0.3) is 0 Å². The number of fused-ring (bicyclic) bond motifs is 4. The van der Waals surface area contributed by atoms with Crippen LogP contribution in [0.25, 0.3) is 87.6 Å². The predicted octanol–water partition coefficient (Wildman–Crippen LogP) is 13.0. The molecule has 214 valence electrons. The van der Waals surface area contributed by atoms with Crippen molar-refractivity contribution in [3.63, 3.8) is 0 Å². The maximum atomic E-state index is 2.36. The van der Waals surface area contributed by atoms with Crippen LogP contribution in [0.15, 0.2) is 182 Å². The van der Waals surface area contributed by atoms with Gasteiger partial charge in [-0.3, -0.25) is 0 Å². The Bertz CT molecular complexity index is 2490. The van der Waals surface area contributed by atoms with E-state index in [2.05, 4.69) is 182 Å². The van der Waals surface area contributed by atoms with Crippen molar-refractivity contribution < 1.29 is 0 Å². The highest BCUT2D eigenvalue weighted by Crippen LogP contribution is 2.44. The first-order chi connectivity index (χ1) is 22.8. The summed E-state index contributed by atoms with van der Waals surface area (Å²) >= 11 is 0. The summed E-state index contributed by atoms with van der Waals surface area (Å²) in [6.07, 6.45) is 0. The van der Waals surface area contributed by atoms with Crippen LogP contribution in [0, 0.1) is 0 Å². The topological polar surface area (TPSA) is 0 Å². The molecule has 0 saturated heterocycles. The zero-order valence-electron chi connectivity index (χ0n) is 25.3. The molecule has 0 atom stereocenters. The Balaban J connectivity index is 1.34. The van der Waals surface area contributed by atoms with E-state index >= 15 is 0 Å². The fourth-order valence-corrected chi connectivity index (χ4v) is 7.36. The maximum absolute atomic E-state index is 2.36. The Hall–Kier alpha value is -5.98. The molecular formula is C46H30. The highest BCUT2D eigenvalue weighted by atomic mass is 14.2. The normalized spacial score (nSPS) is 11.5. The van der Waals surface area contributed by atoms with Crippen molar-refractivity contribution in [2.75, 3.05) is 0 Å². The summed E-state index contributed by atoms with van der Waals surface area (Å²) in [5, 5.41) is 10.1. The van der Waals surface area contributed by atoms with Gasteiger partial charge in [-0.1, -0.05) is 176 Å². The number of benzene rings is 9. The smallest absolute Gasteiger partial charge is 0.00201 e. The van der Waals surface area contributed by atoms with Crippen molar-refractivity contribution in [3.05, 3.63) is 182 Å². The largest absolute Gasteiger partial charge is 0.0616 e. The van der Waals surface area contributed by atoms with Gasteiger partial charge in [-0.25, -0.2) is 0 Å². The van der Waals surface area contributed by atoms with Gasteiger partial charge in [0.15, 0.2) is 0 Å². The SMILES string of the molecule is c1cc(-c2cccc3ccccc23)cc(-c2ccc(-c3cccc4ccccc34)c3c(-c4cccc5ccccc45)cccc23)c1. The van der Waals surface area contributed by atoms with E-state index in [0.717, 1.165) is 0 Å². The van der Waals surface area contributed by atoms with E-state index in [1.807, 2.05) is 0 Å². The van der Waals surface area contributed by atoms with E-state index in [1.54, 1.807) is 0 Å². The van der Waals surface area contributed by atoms with Gasteiger partial charge in [0.2, 0.25) is 0 Å². The van der Waals surface area contributed by atoms with Crippen molar-refractivity contribution in [1.82, 2.24) is 0 Å². The molecule has 0 aromatic heterocycles. The van der Waals surface area contributed by atoms with E-state index < -0.39 is 0 Å². The first-order valence-corrected chi connectivity index (χ1v) is 15.9. The summed E-state index contributed by atoms with van der Waals surface area (Å²) < 4.78 is 0. The second-order valence-electron chi connectivity index (χ2n) is 12.0. The molecule has 0 aliphatic heterocycles. The van der Waals surface area contributed by atoms with Gasteiger partial charge in [0.1, 0.15) is 0 Å². The molecule has 0 heterocycles. The fraction of sp³-hybridized carbons (Fsp3) is 0. The lowest BCUT2D eigenvalue weighted by molar-refractivity contribution is 1.61. The first-order valence-electron chi connectivity index (χ1n) is 15.9. The van der Waals surface area contributed by atoms with E-state index in [1.165, 1.54) is 87.6 Å². The van der Waals surface area contributed by atoms with Gasteiger partial charge in [0, 0.05) is 0 Å². The minimum atomic E-state index is 1.22. The number of rotatable bonds is 4. The Morgan fingerprint density at radius 3 is 1.15 bits per heavy atom. The monoisotopic (exact) mass is 582 g/mol. The first kappa shape index (κ1) is 26.4. The summed E-state index contributed by atoms with van der Waals surface area (Å²) in [7, 11) is 0. The van der Waals surface area contributed by atoms with Crippen LogP contribution in [0.5, 0.6) is 0 Å². The third kappa shape index (κ3) is 4.30. The van der Waals surface area contributed by atoms with Crippen LogP contribution < -0.4 is 0 Å². The van der Waals surface area contributed by atoms with E-state index in [0.29, 0.717) is 0 Å². The van der Waals surface area contributed by atoms with Crippen LogP contribution in [0.1, 0.15) is 0 Å². The molecule has 0 spiro atoms. The Morgan fingerprint density at radius 2 is 0.565 bits per heavy atom. The van der Waals surface area contributed by atoms with Crippen LogP contribution in [0.2, 0.25) is 0 Å². The molecule has 0 amide bonds. The van der Waals surface area contributed by atoms with Crippen molar-refractivity contribution in [1.29, 1.82) is 0 Å². The molecule has 0 fully saturated rings. The molecule has 0 aliphatic carbocycles. The zero-order chi connectivity index (χ0) is 30.5. The highest BCUT2D eigenvalue weighted by Gasteiger charge is 2.17. The molecule has 0 radical (unpaired) electrons. The molecule has 0 heteroatoms. The zero-order valence-corrected chi connectivity index (χ0v) is 25.3. The van der Waals surface area contributed by atoms with Crippen LogP contribution in [0.3, 0.4) is 0 Å². The Morgan fingerprint density at radius 1 is 0.217 bits per heavy atom. The second kappa shape index (κ2) is 10.9. The Kier molecular flexibility index (Phi) is 6.25. The molecule has 0 unspecified atom stereocenters. The highest BCUT2D eigenvalue weighted by molar-refractivity contribution is 6.17. The summed E-state index contributed by atoms with van der Waals surface area (Å²) in [6.45, 7) is 0. The predicted molar refractivity (Wildman–Crippen MR) is 198 cm³/mol. The van der Waals surface area contributed by atoms with Crippen molar-refractivity contribution in [2.24, 2.45) is 0 Å². The van der Waals surface area contributed by atoms with Crippen LogP contribution >= 0.6 is 0 Å². The average molecular weight is 583 g/mol. The third-order valence-corrected chi connectivity index (χ3v) is 9.47. The van der Waals surface area contributed by atoms with Gasteiger partial charge in [-0.05, 0) is 93.7 Å². The molecule has 0 aliphatic rings. The quantitative estimate of drug-likeness (QED) is 0.194. The molecule has 0 saturated carbocycles. The lowest BCUT2D eigenvalue weighted by atomic mass is 9.85. The number of hydrogen-bond donors (Lipinski definition) is 0. The summed E-state index contributed by atoms with van der Waals surface area (Å²) in [5.74, 6) is 0. The van der Waals surface area contributed by atoms with Crippen LogP contribution in [-0.4, -0.2) is 0 Å².